The van der Waals surface area contributed by atoms with E-state index in [2.05, 4.69) is 13.8 Å². The number of benzene rings is 1. The second-order valence-corrected chi connectivity index (χ2v) is 5.13. The minimum Gasteiger partial charge on any atom is -0.493 e. The maximum atomic E-state index is 9.11. The van der Waals surface area contributed by atoms with Crippen LogP contribution in [-0.4, -0.2) is 23.8 Å². The largest absolute Gasteiger partial charge is 0.493 e. The maximum absolute atomic E-state index is 9.11. The van der Waals surface area contributed by atoms with Gasteiger partial charge in [-0.15, -0.1) is 0 Å². The number of unbranched alkanes of at least 4 members (excludes halogenated alkanes) is 1. The Morgan fingerprint density at radius 2 is 2.00 bits per heavy atom. The smallest absolute Gasteiger partial charge is 0.488 e. The molecule has 1 rings (SSSR count). The lowest BCUT2D eigenvalue weighted by molar-refractivity contribution is 0.232. The van der Waals surface area contributed by atoms with Crippen LogP contribution in [0.15, 0.2) is 18.2 Å². The predicted octanol–water partition coefficient (Wildman–Crippen LogP) is 2.27. The Hall–Kier alpha value is -0.995. The fourth-order valence-electron chi connectivity index (χ4n) is 2.10. The first-order valence-electron chi connectivity index (χ1n) is 7.17. The molecular weight excluding hydrogens is 239 g/mol. The summed E-state index contributed by atoms with van der Waals surface area (Å²) in [5.74, 6) is 1.43. The standard InChI is InChI=1S/C15H25BO3/c1-4-6-7-13(5-2)11-19-15-9-8-14(16(17)18)10-12(15)3/h8-10,13,17-18H,4-7,11H2,1-3H3. The molecule has 0 aliphatic carbocycles. The summed E-state index contributed by atoms with van der Waals surface area (Å²) in [6, 6.07) is 5.27. The van der Waals surface area contributed by atoms with Crippen LogP contribution >= 0.6 is 0 Å². The zero-order chi connectivity index (χ0) is 14.3. The summed E-state index contributed by atoms with van der Waals surface area (Å²) in [7, 11) is -1.42. The molecule has 0 saturated heterocycles. The number of ether oxygens (including phenoxy) is 1. The van der Waals surface area contributed by atoms with E-state index in [-0.39, 0.29) is 0 Å². The Bertz CT molecular complexity index is 380. The van der Waals surface area contributed by atoms with Crippen molar-refractivity contribution < 1.29 is 14.8 Å². The van der Waals surface area contributed by atoms with Gasteiger partial charge in [0.05, 0.1) is 6.61 Å². The highest BCUT2D eigenvalue weighted by Crippen LogP contribution is 2.19. The van der Waals surface area contributed by atoms with E-state index < -0.39 is 7.12 Å². The Kier molecular flexibility index (Phi) is 6.96. The van der Waals surface area contributed by atoms with Crippen molar-refractivity contribution in [1.29, 1.82) is 0 Å². The van der Waals surface area contributed by atoms with Gasteiger partial charge >= 0.3 is 7.12 Å². The molecule has 2 N–H and O–H groups in total. The zero-order valence-electron chi connectivity index (χ0n) is 12.2. The second kappa shape index (κ2) is 8.23. The Labute approximate surface area is 116 Å². The lowest BCUT2D eigenvalue weighted by Gasteiger charge is -2.17. The number of aryl methyl sites for hydroxylation is 1. The van der Waals surface area contributed by atoms with Crippen LogP contribution in [0.4, 0.5) is 0 Å². The average Bonchev–Trinajstić information content (AvgIpc) is 2.40. The first-order valence-corrected chi connectivity index (χ1v) is 7.17. The van der Waals surface area contributed by atoms with Crippen molar-refractivity contribution in [3.63, 3.8) is 0 Å². The molecule has 1 aromatic rings. The van der Waals surface area contributed by atoms with Gasteiger partial charge in [-0.1, -0.05) is 45.2 Å². The van der Waals surface area contributed by atoms with E-state index in [1.807, 2.05) is 13.0 Å². The quantitative estimate of drug-likeness (QED) is 0.708. The van der Waals surface area contributed by atoms with Crippen LogP contribution in [0.3, 0.4) is 0 Å². The van der Waals surface area contributed by atoms with Crippen LogP contribution in [0.2, 0.25) is 0 Å². The molecule has 0 heterocycles. The third-order valence-corrected chi connectivity index (χ3v) is 3.51. The lowest BCUT2D eigenvalue weighted by Crippen LogP contribution is -2.29. The van der Waals surface area contributed by atoms with Gasteiger partial charge in [0.1, 0.15) is 5.75 Å². The van der Waals surface area contributed by atoms with E-state index in [9.17, 15) is 0 Å². The van der Waals surface area contributed by atoms with Crippen molar-refractivity contribution in [3.05, 3.63) is 23.8 Å². The Morgan fingerprint density at radius 1 is 1.26 bits per heavy atom. The minimum atomic E-state index is -1.42. The summed E-state index contributed by atoms with van der Waals surface area (Å²) in [4.78, 5) is 0. The first-order chi connectivity index (χ1) is 9.08. The molecule has 1 unspecified atom stereocenters. The summed E-state index contributed by atoms with van der Waals surface area (Å²) in [6.45, 7) is 7.06. The fraction of sp³-hybridized carbons (Fsp3) is 0.600. The molecule has 0 aliphatic heterocycles. The highest BCUT2D eigenvalue weighted by atomic mass is 16.5. The molecule has 3 nitrogen and oxygen atoms in total. The molecule has 1 atom stereocenters. The topological polar surface area (TPSA) is 49.7 Å². The Balaban J connectivity index is 2.57. The molecule has 4 heteroatoms. The van der Waals surface area contributed by atoms with Crippen molar-refractivity contribution in [3.8, 4) is 5.75 Å². The van der Waals surface area contributed by atoms with E-state index in [1.54, 1.807) is 12.1 Å². The predicted molar refractivity (Wildman–Crippen MR) is 79.8 cm³/mol. The van der Waals surface area contributed by atoms with E-state index in [4.69, 9.17) is 14.8 Å². The van der Waals surface area contributed by atoms with Crippen molar-refractivity contribution in [1.82, 2.24) is 0 Å². The molecule has 0 spiro atoms. The van der Waals surface area contributed by atoms with E-state index in [1.165, 1.54) is 19.3 Å². The molecular formula is C15H25BO3. The molecule has 0 bridgehead atoms. The van der Waals surface area contributed by atoms with Crippen molar-refractivity contribution in [2.24, 2.45) is 5.92 Å². The minimum absolute atomic E-state index is 0.503. The number of hydrogen-bond acceptors (Lipinski definition) is 3. The van der Waals surface area contributed by atoms with Crippen LogP contribution in [0.5, 0.6) is 5.75 Å². The highest BCUT2D eigenvalue weighted by Gasteiger charge is 2.13. The van der Waals surface area contributed by atoms with Gasteiger partial charge < -0.3 is 14.8 Å². The molecule has 19 heavy (non-hydrogen) atoms. The van der Waals surface area contributed by atoms with Gasteiger partial charge in [0.15, 0.2) is 0 Å². The van der Waals surface area contributed by atoms with Gasteiger partial charge in [0.25, 0.3) is 0 Å². The molecule has 106 valence electrons. The molecule has 0 aromatic heterocycles. The SMILES string of the molecule is CCCCC(CC)COc1ccc(B(O)O)cc1C. The van der Waals surface area contributed by atoms with Crippen molar-refractivity contribution in [2.45, 2.75) is 46.5 Å². The molecule has 0 radical (unpaired) electrons. The van der Waals surface area contributed by atoms with Gasteiger partial charge in [0, 0.05) is 0 Å². The molecule has 0 amide bonds. The van der Waals surface area contributed by atoms with Crippen LogP contribution in [0, 0.1) is 12.8 Å². The third-order valence-electron chi connectivity index (χ3n) is 3.51. The lowest BCUT2D eigenvalue weighted by atomic mass is 9.79. The molecule has 0 saturated carbocycles. The zero-order valence-corrected chi connectivity index (χ0v) is 12.2. The number of hydrogen-bond donors (Lipinski definition) is 2. The van der Waals surface area contributed by atoms with Crippen molar-refractivity contribution >= 4 is 12.6 Å². The van der Waals surface area contributed by atoms with Crippen LogP contribution in [0.1, 0.15) is 45.1 Å². The van der Waals surface area contributed by atoms with Gasteiger partial charge in [-0.2, -0.15) is 0 Å². The highest BCUT2D eigenvalue weighted by molar-refractivity contribution is 6.58. The number of rotatable bonds is 8. The first kappa shape index (κ1) is 16.1. The van der Waals surface area contributed by atoms with Crippen molar-refractivity contribution in [2.75, 3.05) is 6.61 Å². The second-order valence-electron chi connectivity index (χ2n) is 5.13. The third kappa shape index (κ3) is 5.25. The summed E-state index contributed by atoms with van der Waals surface area (Å²) < 4.78 is 5.86. The van der Waals surface area contributed by atoms with E-state index in [0.717, 1.165) is 24.3 Å². The maximum Gasteiger partial charge on any atom is 0.488 e. The van der Waals surface area contributed by atoms with E-state index >= 15 is 0 Å². The summed E-state index contributed by atoms with van der Waals surface area (Å²) in [5.41, 5.74) is 1.44. The van der Waals surface area contributed by atoms with E-state index in [0.29, 0.717) is 11.4 Å². The fourth-order valence-corrected chi connectivity index (χ4v) is 2.10. The van der Waals surface area contributed by atoms with Crippen LogP contribution in [-0.2, 0) is 0 Å². The molecule has 0 aliphatic rings. The van der Waals surface area contributed by atoms with Crippen LogP contribution in [0.25, 0.3) is 0 Å². The van der Waals surface area contributed by atoms with Gasteiger partial charge in [-0.05, 0) is 36.4 Å². The van der Waals surface area contributed by atoms with Gasteiger partial charge in [0.2, 0.25) is 0 Å². The molecule has 0 fully saturated rings. The van der Waals surface area contributed by atoms with Gasteiger partial charge in [-0.25, -0.2) is 0 Å². The average molecular weight is 264 g/mol. The normalized spacial score (nSPS) is 12.3. The molecule has 1 aromatic carbocycles. The Morgan fingerprint density at radius 3 is 2.53 bits per heavy atom. The van der Waals surface area contributed by atoms with Gasteiger partial charge in [-0.3, -0.25) is 0 Å². The van der Waals surface area contributed by atoms with Crippen LogP contribution < -0.4 is 10.2 Å². The summed E-state index contributed by atoms with van der Waals surface area (Å²) in [5, 5.41) is 18.2. The monoisotopic (exact) mass is 264 g/mol. The summed E-state index contributed by atoms with van der Waals surface area (Å²) in [6.07, 6.45) is 4.81. The summed E-state index contributed by atoms with van der Waals surface area (Å²) >= 11 is 0.